The van der Waals surface area contributed by atoms with Crippen molar-refractivity contribution in [3.05, 3.63) is 77.5 Å². The van der Waals surface area contributed by atoms with Crippen molar-refractivity contribution >= 4 is 17.3 Å². The van der Waals surface area contributed by atoms with Gasteiger partial charge in [-0.2, -0.15) is 0 Å². The summed E-state index contributed by atoms with van der Waals surface area (Å²) >= 11 is 0. The summed E-state index contributed by atoms with van der Waals surface area (Å²) in [6.45, 7) is 1.61. The molecule has 1 saturated heterocycles. The van der Waals surface area contributed by atoms with Crippen LogP contribution in [0.25, 0.3) is 11.1 Å². The standard InChI is InChI=1S/C24H25F2N7O/c25-19-2-1-3-20(21(19)26)31-23(32-33-28)18-12-17(14-30-22(18)27)16-6-4-15(5-7-16)13-24(34)8-10-29-11-9-24/h1-7,12,14,29,34H,8-11,13H2,(H2,27,30)(H2,28,31,32). The highest BCUT2D eigenvalue weighted by Crippen LogP contribution is 2.28. The summed E-state index contributed by atoms with van der Waals surface area (Å²) in [7, 11) is 0. The second-order valence-corrected chi connectivity index (χ2v) is 8.23. The summed E-state index contributed by atoms with van der Waals surface area (Å²) in [6, 6.07) is 13.1. The van der Waals surface area contributed by atoms with Crippen molar-refractivity contribution in [2.45, 2.75) is 24.9 Å². The predicted molar refractivity (Wildman–Crippen MR) is 126 cm³/mol. The minimum Gasteiger partial charge on any atom is -0.389 e. The first-order valence-electron chi connectivity index (χ1n) is 10.8. The van der Waals surface area contributed by atoms with E-state index < -0.39 is 17.2 Å². The number of nitrogens with zero attached hydrogens (tertiary/aromatic N) is 4. The van der Waals surface area contributed by atoms with Gasteiger partial charge in [0.05, 0.1) is 11.2 Å². The van der Waals surface area contributed by atoms with Crippen LogP contribution in [0, 0.1) is 11.6 Å². The molecule has 34 heavy (non-hydrogen) atoms. The van der Waals surface area contributed by atoms with E-state index in [1.165, 1.54) is 12.1 Å². The Labute approximate surface area is 195 Å². The Morgan fingerprint density at radius 3 is 2.53 bits per heavy atom. The van der Waals surface area contributed by atoms with Gasteiger partial charge in [-0.1, -0.05) is 35.6 Å². The first-order valence-corrected chi connectivity index (χ1v) is 10.8. The average molecular weight is 466 g/mol. The minimum absolute atomic E-state index is 0.0801. The van der Waals surface area contributed by atoms with Gasteiger partial charge in [-0.25, -0.2) is 18.8 Å². The zero-order valence-corrected chi connectivity index (χ0v) is 18.4. The number of aromatic nitrogens is 1. The molecule has 0 saturated carbocycles. The maximum atomic E-state index is 14.1. The van der Waals surface area contributed by atoms with E-state index in [0.717, 1.165) is 30.3 Å². The lowest BCUT2D eigenvalue weighted by molar-refractivity contribution is 0.0109. The van der Waals surface area contributed by atoms with E-state index in [2.05, 4.69) is 25.6 Å². The average Bonchev–Trinajstić information content (AvgIpc) is 2.83. The topological polar surface area (TPSA) is 134 Å². The summed E-state index contributed by atoms with van der Waals surface area (Å²) in [5.74, 6) is 3.02. The van der Waals surface area contributed by atoms with Gasteiger partial charge in [0.25, 0.3) is 0 Å². The molecule has 176 valence electrons. The highest BCUT2D eigenvalue weighted by Gasteiger charge is 2.29. The van der Waals surface area contributed by atoms with E-state index in [0.29, 0.717) is 24.8 Å². The number of amidine groups is 1. The first kappa shape index (κ1) is 23.4. The van der Waals surface area contributed by atoms with Crippen LogP contribution in [0.2, 0.25) is 0 Å². The summed E-state index contributed by atoms with van der Waals surface area (Å²) in [5, 5.41) is 21.0. The van der Waals surface area contributed by atoms with Crippen LogP contribution < -0.4 is 16.9 Å². The number of rotatable bonds is 5. The number of anilines is 1. The highest BCUT2D eigenvalue weighted by molar-refractivity contribution is 6.04. The molecule has 1 fully saturated rings. The lowest BCUT2D eigenvalue weighted by atomic mass is 9.86. The van der Waals surface area contributed by atoms with E-state index in [-0.39, 0.29) is 22.9 Å². The maximum absolute atomic E-state index is 14.1. The molecule has 10 heteroatoms. The van der Waals surface area contributed by atoms with Gasteiger partial charge in [0, 0.05) is 18.2 Å². The molecule has 1 aliphatic rings. The summed E-state index contributed by atoms with van der Waals surface area (Å²) in [4.78, 5) is 8.28. The third kappa shape index (κ3) is 5.24. The monoisotopic (exact) mass is 465 g/mol. The number of pyridine rings is 1. The smallest absolute Gasteiger partial charge is 0.187 e. The molecule has 0 radical (unpaired) electrons. The number of nitrogens with two attached hydrogens (primary N) is 2. The molecule has 4 rings (SSSR count). The number of hydrogen-bond donors (Lipinski definition) is 4. The molecular weight excluding hydrogens is 440 g/mol. The SMILES string of the molecule is NN=NC(=Nc1cccc(F)c1F)c1cc(-c2ccc(CC3(O)CCNCC3)cc2)cnc1N. The summed E-state index contributed by atoms with van der Waals surface area (Å²) in [6.07, 6.45) is 3.59. The van der Waals surface area contributed by atoms with Gasteiger partial charge in [0.2, 0.25) is 0 Å². The predicted octanol–water partition coefficient (Wildman–Crippen LogP) is 3.67. The zero-order chi connectivity index (χ0) is 24.1. The Morgan fingerprint density at radius 2 is 1.82 bits per heavy atom. The van der Waals surface area contributed by atoms with Crippen LogP contribution in [-0.2, 0) is 6.42 Å². The number of aliphatic imine (C=N–C) groups is 1. The van der Waals surface area contributed by atoms with Gasteiger partial charge >= 0.3 is 0 Å². The second kappa shape index (κ2) is 10.0. The molecular formula is C24H25F2N7O. The van der Waals surface area contributed by atoms with Gasteiger partial charge < -0.3 is 22.0 Å². The molecule has 6 N–H and O–H groups in total. The van der Waals surface area contributed by atoms with Gasteiger partial charge in [-0.3, -0.25) is 0 Å². The van der Waals surface area contributed by atoms with Crippen LogP contribution >= 0.6 is 0 Å². The molecule has 0 unspecified atom stereocenters. The molecule has 2 heterocycles. The van der Waals surface area contributed by atoms with Crippen LogP contribution in [0.1, 0.15) is 24.0 Å². The maximum Gasteiger partial charge on any atom is 0.187 e. The Balaban J connectivity index is 1.64. The molecule has 3 aromatic rings. The van der Waals surface area contributed by atoms with Crippen LogP contribution in [-0.4, -0.2) is 34.6 Å². The fourth-order valence-corrected chi connectivity index (χ4v) is 3.96. The third-order valence-electron chi connectivity index (χ3n) is 5.82. The van der Waals surface area contributed by atoms with Crippen molar-refractivity contribution in [1.82, 2.24) is 10.3 Å². The Hall–Kier alpha value is -3.76. The lowest BCUT2D eigenvalue weighted by Crippen LogP contribution is -2.43. The number of benzene rings is 2. The van der Waals surface area contributed by atoms with Crippen molar-refractivity contribution in [2.75, 3.05) is 18.8 Å². The van der Waals surface area contributed by atoms with Gasteiger partial charge in [-0.15, -0.1) is 5.11 Å². The van der Waals surface area contributed by atoms with Crippen LogP contribution in [0.5, 0.6) is 0 Å². The first-order chi connectivity index (χ1) is 16.4. The molecule has 0 aliphatic carbocycles. The lowest BCUT2D eigenvalue weighted by Gasteiger charge is -2.32. The van der Waals surface area contributed by atoms with Crippen molar-refractivity contribution in [3.63, 3.8) is 0 Å². The second-order valence-electron chi connectivity index (χ2n) is 8.23. The van der Waals surface area contributed by atoms with E-state index >= 15 is 0 Å². The molecule has 0 atom stereocenters. The molecule has 1 aromatic heterocycles. The highest BCUT2D eigenvalue weighted by atomic mass is 19.2. The van der Waals surface area contributed by atoms with E-state index in [1.54, 1.807) is 12.3 Å². The van der Waals surface area contributed by atoms with Gasteiger partial charge in [0.15, 0.2) is 17.5 Å². The molecule has 0 bridgehead atoms. The fraction of sp³-hybridized carbons (Fsp3) is 0.250. The number of hydrogen-bond acceptors (Lipinski definition) is 6. The van der Waals surface area contributed by atoms with Gasteiger partial charge in [-0.05, 0) is 55.3 Å². The largest absolute Gasteiger partial charge is 0.389 e. The number of piperidine rings is 1. The number of halogens is 2. The normalized spacial score (nSPS) is 16.1. The van der Waals surface area contributed by atoms with Crippen molar-refractivity contribution in [2.24, 2.45) is 21.2 Å². The molecule has 8 nitrogen and oxygen atoms in total. The van der Waals surface area contributed by atoms with Crippen molar-refractivity contribution in [3.8, 4) is 11.1 Å². The minimum atomic E-state index is -1.12. The Morgan fingerprint density at radius 1 is 1.09 bits per heavy atom. The number of nitrogen functional groups attached to an aromatic ring is 1. The van der Waals surface area contributed by atoms with E-state index in [1.807, 2.05) is 24.3 Å². The van der Waals surface area contributed by atoms with Gasteiger partial charge in [0.1, 0.15) is 11.5 Å². The molecule has 0 amide bonds. The molecule has 2 aromatic carbocycles. The van der Waals surface area contributed by atoms with Crippen LogP contribution in [0.3, 0.4) is 0 Å². The van der Waals surface area contributed by atoms with Crippen molar-refractivity contribution in [1.29, 1.82) is 0 Å². The molecule has 0 spiro atoms. The fourth-order valence-electron chi connectivity index (χ4n) is 3.96. The number of aliphatic hydroxyl groups is 1. The third-order valence-corrected chi connectivity index (χ3v) is 5.82. The molecule has 1 aliphatic heterocycles. The van der Waals surface area contributed by atoms with E-state index in [4.69, 9.17) is 11.6 Å². The summed E-state index contributed by atoms with van der Waals surface area (Å²) < 4.78 is 27.8. The van der Waals surface area contributed by atoms with Crippen molar-refractivity contribution < 1.29 is 13.9 Å². The zero-order valence-electron chi connectivity index (χ0n) is 18.4. The Bertz CT molecular complexity index is 1220. The summed E-state index contributed by atoms with van der Waals surface area (Å²) in [5.41, 5.74) is 7.90. The van der Waals surface area contributed by atoms with Crippen LogP contribution in [0.4, 0.5) is 20.3 Å². The quantitative estimate of drug-likeness (QED) is 0.150. The Kier molecular flexibility index (Phi) is 6.90. The number of nitrogens with one attached hydrogen (secondary N) is 1. The van der Waals surface area contributed by atoms with E-state index in [9.17, 15) is 13.9 Å². The van der Waals surface area contributed by atoms with Crippen LogP contribution in [0.15, 0.2) is 70.1 Å².